The highest BCUT2D eigenvalue weighted by atomic mass is 16.5. The standard InChI is InChI=1S/C21H18O4/c1-13-9-21(23)25-20-11-17(7-8-18(13)20)24-12-19(22)16-6-5-14-3-2-4-15(14)10-16/h5-11H,2-4,12H2,1H3. The SMILES string of the molecule is Cc1cc(=O)oc2cc(OCC(=O)c3ccc4c(c3)CCC4)ccc12. The normalized spacial score (nSPS) is 13.0. The maximum atomic E-state index is 12.4. The summed E-state index contributed by atoms with van der Waals surface area (Å²) in [6, 6.07) is 12.6. The smallest absolute Gasteiger partial charge is 0.336 e. The zero-order valence-electron chi connectivity index (χ0n) is 14.0. The van der Waals surface area contributed by atoms with Crippen molar-refractivity contribution in [1.82, 2.24) is 0 Å². The monoisotopic (exact) mass is 334 g/mol. The van der Waals surface area contributed by atoms with Crippen molar-refractivity contribution >= 4 is 16.8 Å². The molecule has 4 heteroatoms. The maximum absolute atomic E-state index is 12.4. The van der Waals surface area contributed by atoms with Crippen LogP contribution in [0.1, 0.15) is 33.5 Å². The summed E-state index contributed by atoms with van der Waals surface area (Å²) in [7, 11) is 0. The highest BCUT2D eigenvalue weighted by Crippen LogP contribution is 2.24. The molecule has 0 spiro atoms. The van der Waals surface area contributed by atoms with Gasteiger partial charge in [0.25, 0.3) is 0 Å². The number of fused-ring (bicyclic) bond motifs is 2. The van der Waals surface area contributed by atoms with E-state index in [1.54, 1.807) is 12.1 Å². The van der Waals surface area contributed by atoms with Gasteiger partial charge in [-0.15, -0.1) is 0 Å². The van der Waals surface area contributed by atoms with E-state index in [-0.39, 0.29) is 12.4 Å². The zero-order valence-corrected chi connectivity index (χ0v) is 14.0. The Balaban J connectivity index is 1.52. The lowest BCUT2D eigenvalue weighted by Crippen LogP contribution is -2.12. The number of hydrogen-bond acceptors (Lipinski definition) is 4. The van der Waals surface area contributed by atoms with Crippen molar-refractivity contribution in [2.45, 2.75) is 26.2 Å². The van der Waals surface area contributed by atoms with E-state index in [9.17, 15) is 9.59 Å². The predicted molar refractivity (Wildman–Crippen MR) is 95.5 cm³/mol. The van der Waals surface area contributed by atoms with Gasteiger partial charge in [0.15, 0.2) is 12.4 Å². The van der Waals surface area contributed by atoms with E-state index in [4.69, 9.17) is 9.15 Å². The quantitative estimate of drug-likeness (QED) is 0.537. The number of ketones is 1. The molecule has 0 aliphatic heterocycles. The Morgan fingerprint density at radius 2 is 1.92 bits per heavy atom. The van der Waals surface area contributed by atoms with Crippen LogP contribution >= 0.6 is 0 Å². The number of rotatable bonds is 4. The predicted octanol–water partition coefficient (Wildman–Crippen LogP) is 3.85. The first kappa shape index (κ1) is 15.6. The third-order valence-corrected chi connectivity index (χ3v) is 4.71. The van der Waals surface area contributed by atoms with Crippen molar-refractivity contribution in [3.8, 4) is 5.75 Å². The summed E-state index contributed by atoms with van der Waals surface area (Å²) in [5, 5.41) is 0.858. The summed E-state index contributed by atoms with van der Waals surface area (Å²) >= 11 is 0. The van der Waals surface area contributed by atoms with Crippen LogP contribution in [0.3, 0.4) is 0 Å². The average molecular weight is 334 g/mol. The summed E-state index contributed by atoms with van der Waals surface area (Å²) in [5.74, 6) is 0.455. The van der Waals surface area contributed by atoms with Gasteiger partial charge in [-0.3, -0.25) is 4.79 Å². The van der Waals surface area contributed by atoms with Crippen molar-refractivity contribution in [2.24, 2.45) is 0 Å². The minimum absolute atomic E-state index is 0.0413. The molecule has 0 fully saturated rings. The number of carbonyl (C=O) groups excluding carboxylic acids is 1. The van der Waals surface area contributed by atoms with E-state index in [2.05, 4.69) is 0 Å². The van der Waals surface area contributed by atoms with Crippen molar-refractivity contribution in [3.05, 3.63) is 75.1 Å². The Morgan fingerprint density at radius 3 is 2.80 bits per heavy atom. The largest absolute Gasteiger partial charge is 0.485 e. The van der Waals surface area contributed by atoms with Crippen LogP contribution in [0.15, 0.2) is 51.7 Å². The molecule has 0 bridgehead atoms. The third kappa shape index (κ3) is 3.07. The molecule has 1 aromatic heterocycles. The Bertz CT molecular complexity index is 1030. The fraction of sp³-hybridized carbons (Fsp3) is 0.238. The van der Waals surface area contributed by atoms with Gasteiger partial charge in [-0.05, 0) is 61.1 Å². The van der Waals surface area contributed by atoms with Crippen LogP contribution in [0.5, 0.6) is 5.75 Å². The van der Waals surface area contributed by atoms with Crippen molar-refractivity contribution in [2.75, 3.05) is 6.61 Å². The topological polar surface area (TPSA) is 56.5 Å². The highest BCUT2D eigenvalue weighted by molar-refractivity contribution is 5.97. The van der Waals surface area contributed by atoms with Gasteiger partial charge in [0.05, 0.1) is 0 Å². The maximum Gasteiger partial charge on any atom is 0.336 e. The fourth-order valence-corrected chi connectivity index (χ4v) is 3.37. The molecule has 0 unspecified atom stereocenters. The second kappa shape index (κ2) is 6.20. The van der Waals surface area contributed by atoms with E-state index in [1.165, 1.54) is 17.2 Å². The molecule has 4 rings (SSSR count). The zero-order chi connectivity index (χ0) is 17.4. The summed E-state index contributed by atoms with van der Waals surface area (Å²) in [6.07, 6.45) is 3.30. The molecule has 3 aromatic rings. The molecule has 1 aliphatic carbocycles. The molecular weight excluding hydrogens is 316 g/mol. The number of ether oxygens (including phenoxy) is 1. The lowest BCUT2D eigenvalue weighted by atomic mass is 10.0. The Labute approximate surface area is 145 Å². The molecule has 0 saturated carbocycles. The number of hydrogen-bond donors (Lipinski definition) is 0. The Morgan fingerprint density at radius 1 is 1.08 bits per heavy atom. The van der Waals surface area contributed by atoms with Crippen molar-refractivity contribution in [3.63, 3.8) is 0 Å². The van der Waals surface area contributed by atoms with Crippen LogP contribution < -0.4 is 10.4 Å². The highest BCUT2D eigenvalue weighted by Gasteiger charge is 2.14. The summed E-state index contributed by atoms with van der Waals surface area (Å²) < 4.78 is 10.8. The van der Waals surface area contributed by atoms with Crippen LogP contribution in [0.25, 0.3) is 11.0 Å². The molecule has 0 N–H and O–H groups in total. The van der Waals surface area contributed by atoms with Gasteiger partial charge >= 0.3 is 5.63 Å². The molecule has 1 heterocycles. The molecular formula is C21H18O4. The molecule has 0 radical (unpaired) electrons. The minimum atomic E-state index is -0.392. The lowest BCUT2D eigenvalue weighted by molar-refractivity contribution is 0.0921. The molecule has 1 aliphatic rings. The van der Waals surface area contributed by atoms with Crippen LogP contribution in [0.2, 0.25) is 0 Å². The molecule has 0 amide bonds. The average Bonchev–Trinajstić information content (AvgIpc) is 3.06. The second-order valence-corrected chi connectivity index (χ2v) is 6.46. The fourth-order valence-electron chi connectivity index (χ4n) is 3.37. The van der Waals surface area contributed by atoms with Gasteiger partial charge in [0.2, 0.25) is 0 Å². The number of Topliss-reactive ketones (excluding diaryl/α,β-unsaturated/α-hetero) is 1. The van der Waals surface area contributed by atoms with Crippen LogP contribution in [0.4, 0.5) is 0 Å². The second-order valence-electron chi connectivity index (χ2n) is 6.46. The third-order valence-electron chi connectivity index (χ3n) is 4.71. The summed E-state index contributed by atoms with van der Waals surface area (Å²) in [6.45, 7) is 1.82. The minimum Gasteiger partial charge on any atom is -0.485 e. The molecule has 126 valence electrons. The van der Waals surface area contributed by atoms with Crippen molar-refractivity contribution in [1.29, 1.82) is 0 Å². The molecule has 25 heavy (non-hydrogen) atoms. The Kier molecular flexibility index (Phi) is 3.88. The molecule has 2 aromatic carbocycles. The van der Waals surface area contributed by atoms with Gasteiger partial charge in [0, 0.05) is 23.1 Å². The first-order valence-corrected chi connectivity index (χ1v) is 8.42. The summed E-state index contributed by atoms with van der Waals surface area (Å²) in [4.78, 5) is 23.9. The summed E-state index contributed by atoms with van der Waals surface area (Å²) in [5.41, 5.74) is 4.23. The Hall–Kier alpha value is -2.88. The first-order chi connectivity index (χ1) is 12.1. The van der Waals surface area contributed by atoms with E-state index in [0.717, 1.165) is 30.2 Å². The first-order valence-electron chi connectivity index (χ1n) is 8.42. The number of benzene rings is 2. The van der Waals surface area contributed by atoms with Gasteiger partial charge in [0.1, 0.15) is 11.3 Å². The molecule has 4 nitrogen and oxygen atoms in total. The molecule has 0 atom stereocenters. The number of carbonyl (C=O) groups is 1. The van der Waals surface area contributed by atoms with E-state index in [0.29, 0.717) is 16.9 Å². The lowest BCUT2D eigenvalue weighted by Gasteiger charge is -2.08. The van der Waals surface area contributed by atoms with E-state index in [1.807, 2.05) is 31.2 Å². The van der Waals surface area contributed by atoms with Crippen molar-refractivity contribution < 1.29 is 13.9 Å². The van der Waals surface area contributed by atoms with Crippen LogP contribution in [-0.2, 0) is 12.8 Å². The van der Waals surface area contributed by atoms with Crippen LogP contribution in [-0.4, -0.2) is 12.4 Å². The van der Waals surface area contributed by atoms with Gasteiger partial charge < -0.3 is 9.15 Å². The van der Waals surface area contributed by atoms with Gasteiger partial charge in [-0.1, -0.05) is 12.1 Å². The molecule has 0 saturated heterocycles. The number of aryl methyl sites for hydroxylation is 3. The van der Waals surface area contributed by atoms with Gasteiger partial charge in [-0.25, -0.2) is 4.79 Å². The van der Waals surface area contributed by atoms with E-state index >= 15 is 0 Å². The van der Waals surface area contributed by atoms with Gasteiger partial charge in [-0.2, -0.15) is 0 Å². The van der Waals surface area contributed by atoms with Crippen LogP contribution in [0, 0.1) is 6.92 Å². The van der Waals surface area contributed by atoms with E-state index < -0.39 is 5.63 Å².